The van der Waals surface area contributed by atoms with Gasteiger partial charge in [0.15, 0.2) is 6.10 Å². The van der Waals surface area contributed by atoms with Gasteiger partial charge >= 0.3 is 5.97 Å². The normalized spacial score (nSPS) is 11.8. The molecule has 0 aliphatic rings. The summed E-state index contributed by atoms with van der Waals surface area (Å²) >= 11 is 0. The number of nitrogens with zero attached hydrogens (tertiary/aromatic N) is 3. The van der Waals surface area contributed by atoms with Crippen LogP contribution >= 0.6 is 0 Å². The average Bonchev–Trinajstić information content (AvgIpc) is 2.90. The zero-order valence-corrected chi connectivity index (χ0v) is 15.2. The molecule has 0 saturated carbocycles. The van der Waals surface area contributed by atoms with Crippen LogP contribution in [0.15, 0.2) is 36.4 Å². The summed E-state index contributed by atoms with van der Waals surface area (Å²) in [5.41, 5.74) is 2.94. The molecular weight excluding hydrogens is 318 g/mol. The minimum Gasteiger partial charge on any atom is -0.452 e. The molecule has 0 radical (unpaired) electrons. The van der Waals surface area contributed by atoms with Gasteiger partial charge in [0.25, 0.3) is 5.91 Å². The SMILES string of the molecule is Cc1cc(C)n(CCC(=O)OC(C)C(=O)N(C)Cc2ccccc2)n1. The number of benzene rings is 1. The number of ether oxygens (including phenoxy) is 1. The molecule has 0 aliphatic heterocycles. The van der Waals surface area contributed by atoms with Crippen molar-refractivity contribution in [2.24, 2.45) is 0 Å². The second kappa shape index (κ2) is 8.46. The summed E-state index contributed by atoms with van der Waals surface area (Å²) in [7, 11) is 1.70. The molecular formula is C19H25N3O3. The van der Waals surface area contributed by atoms with E-state index in [1.807, 2.05) is 50.2 Å². The fourth-order valence-corrected chi connectivity index (χ4v) is 2.65. The number of carbonyl (C=O) groups is 2. The van der Waals surface area contributed by atoms with E-state index in [2.05, 4.69) is 5.10 Å². The van der Waals surface area contributed by atoms with Gasteiger partial charge in [0.2, 0.25) is 0 Å². The Balaban J connectivity index is 1.81. The zero-order chi connectivity index (χ0) is 18.4. The van der Waals surface area contributed by atoms with Gasteiger partial charge in [-0.1, -0.05) is 30.3 Å². The van der Waals surface area contributed by atoms with E-state index >= 15 is 0 Å². The van der Waals surface area contributed by atoms with E-state index in [0.29, 0.717) is 13.1 Å². The second-order valence-electron chi connectivity index (χ2n) is 6.21. The third kappa shape index (κ3) is 5.45. The second-order valence-corrected chi connectivity index (χ2v) is 6.21. The summed E-state index contributed by atoms with van der Waals surface area (Å²) in [4.78, 5) is 25.9. The molecule has 0 bridgehead atoms. The maximum atomic E-state index is 12.3. The summed E-state index contributed by atoms with van der Waals surface area (Å²) in [6.07, 6.45) is -0.621. The number of hydrogen-bond acceptors (Lipinski definition) is 4. The molecule has 6 nitrogen and oxygen atoms in total. The average molecular weight is 343 g/mol. The van der Waals surface area contributed by atoms with Gasteiger partial charge in [-0.25, -0.2) is 0 Å². The summed E-state index contributed by atoms with van der Waals surface area (Å²) in [5.74, 6) is -0.621. The largest absolute Gasteiger partial charge is 0.452 e. The number of likely N-dealkylation sites (N-methyl/N-ethyl adjacent to an activating group) is 1. The fraction of sp³-hybridized carbons (Fsp3) is 0.421. The van der Waals surface area contributed by atoms with Crippen LogP contribution in [0.4, 0.5) is 0 Å². The quantitative estimate of drug-likeness (QED) is 0.725. The minimum atomic E-state index is -0.804. The molecule has 0 aliphatic carbocycles. The van der Waals surface area contributed by atoms with Crippen LogP contribution in [0.3, 0.4) is 0 Å². The Morgan fingerprint density at radius 3 is 2.52 bits per heavy atom. The highest BCUT2D eigenvalue weighted by atomic mass is 16.5. The van der Waals surface area contributed by atoms with Crippen LogP contribution in [0, 0.1) is 13.8 Å². The van der Waals surface area contributed by atoms with Crippen molar-refractivity contribution in [1.82, 2.24) is 14.7 Å². The van der Waals surface area contributed by atoms with E-state index in [4.69, 9.17) is 4.74 Å². The Labute approximate surface area is 148 Å². The monoisotopic (exact) mass is 343 g/mol. The smallest absolute Gasteiger partial charge is 0.308 e. The molecule has 2 aromatic rings. The minimum absolute atomic E-state index is 0.183. The number of rotatable bonds is 7. The molecule has 0 fully saturated rings. The first-order valence-corrected chi connectivity index (χ1v) is 8.36. The molecule has 0 N–H and O–H groups in total. The predicted molar refractivity (Wildman–Crippen MR) is 94.8 cm³/mol. The molecule has 1 aromatic heterocycles. The first-order chi connectivity index (χ1) is 11.9. The number of amides is 1. The lowest BCUT2D eigenvalue weighted by Crippen LogP contribution is -2.37. The highest BCUT2D eigenvalue weighted by Crippen LogP contribution is 2.08. The molecule has 2 rings (SSSR count). The predicted octanol–water partition coefficient (Wildman–Crippen LogP) is 2.48. The summed E-state index contributed by atoms with van der Waals surface area (Å²) in [5, 5.41) is 4.31. The fourth-order valence-electron chi connectivity index (χ4n) is 2.65. The van der Waals surface area contributed by atoms with Gasteiger partial charge in [-0.15, -0.1) is 0 Å². The Kier molecular flexibility index (Phi) is 6.33. The standard InChI is InChI=1S/C19H25N3O3/c1-14-12-15(2)22(20-14)11-10-18(23)25-16(3)19(24)21(4)13-17-8-6-5-7-9-17/h5-9,12,16H,10-11,13H2,1-4H3. The van der Waals surface area contributed by atoms with E-state index < -0.39 is 12.1 Å². The maximum Gasteiger partial charge on any atom is 0.308 e. The molecule has 1 aromatic carbocycles. The van der Waals surface area contributed by atoms with Crippen LogP contribution in [0.2, 0.25) is 0 Å². The van der Waals surface area contributed by atoms with Crippen molar-refractivity contribution in [3.05, 3.63) is 53.3 Å². The number of aromatic nitrogens is 2. The molecule has 6 heteroatoms. The van der Waals surface area contributed by atoms with Crippen molar-refractivity contribution in [2.75, 3.05) is 7.05 Å². The Hall–Kier alpha value is -2.63. The van der Waals surface area contributed by atoms with Crippen LogP contribution in [-0.2, 0) is 27.4 Å². The van der Waals surface area contributed by atoms with Crippen LogP contribution in [0.1, 0.15) is 30.3 Å². The van der Waals surface area contributed by atoms with Gasteiger partial charge in [0.05, 0.1) is 18.7 Å². The highest BCUT2D eigenvalue weighted by molar-refractivity contribution is 5.83. The van der Waals surface area contributed by atoms with Crippen LogP contribution in [0.25, 0.3) is 0 Å². The van der Waals surface area contributed by atoms with E-state index in [9.17, 15) is 9.59 Å². The van der Waals surface area contributed by atoms with E-state index in [1.54, 1.807) is 23.6 Å². The van der Waals surface area contributed by atoms with E-state index in [0.717, 1.165) is 17.0 Å². The van der Waals surface area contributed by atoms with Crippen molar-refractivity contribution in [1.29, 1.82) is 0 Å². The third-order valence-corrected chi connectivity index (χ3v) is 3.93. The summed E-state index contributed by atoms with van der Waals surface area (Å²) < 4.78 is 7.04. The van der Waals surface area contributed by atoms with Gasteiger partial charge < -0.3 is 9.64 Å². The third-order valence-electron chi connectivity index (χ3n) is 3.93. The number of aryl methyl sites for hydroxylation is 3. The Bertz CT molecular complexity index is 725. The topological polar surface area (TPSA) is 64.4 Å². The highest BCUT2D eigenvalue weighted by Gasteiger charge is 2.21. The lowest BCUT2D eigenvalue weighted by Gasteiger charge is -2.21. The van der Waals surface area contributed by atoms with Crippen LogP contribution in [0.5, 0.6) is 0 Å². The Morgan fingerprint density at radius 1 is 1.24 bits per heavy atom. The number of hydrogen-bond donors (Lipinski definition) is 0. The molecule has 25 heavy (non-hydrogen) atoms. The molecule has 1 atom stereocenters. The van der Waals surface area contributed by atoms with Crippen molar-refractivity contribution < 1.29 is 14.3 Å². The zero-order valence-electron chi connectivity index (χ0n) is 15.2. The molecule has 1 heterocycles. The van der Waals surface area contributed by atoms with Crippen LogP contribution in [-0.4, -0.2) is 39.7 Å². The molecule has 1 unspecified atom stereocenters. The first kappa shape index (κ1) is 18.7. The summed E-state index contributed by atoms with van der Waals surface area (Å²) in [6, 6.07) is 11.6. The van der Waals surface area contributed by atoms with Crippen molar-refractivity contribution in [3.63, 3.8) is 0 Å². The van der Waals surface area contributed by atoms with Gasteiger partial charge in [0, 0.05) is 19.3 Å². The lowest BCUT2D eigenvalue weighted by atomic mass is 10.2. The van der Waals surface area contributed by atoms with Gasteiger partial charge in [0.1, 0.15) is 0 Å². The number of carbonyl (C=O) groups excluding carboxylic acids is 2. The van der Waals surface area contributed by atoms with Crippen molar-refractivity contribution in [3.8, 4) is 0 Å². The van der Waals surface area contributed by atoms with Crippen LogP contribution < -0.4 is 0 Å². The van der Waals surface area contributed by atoms with E-state index in [1.165, 1.54) is 0 Å². The molecule has 0 saturated heterocycles. The van der Waals surface area contributed by atoms with Gasteiger partial charge in [-0.3, -0.25) is 14.3 Å². The van der Waals surface area contributed by atoms with Crippen molar-refractivity contribution >= 4 is 11.9 Å². The number of esters is 1. The summed E-state index contributed by atoms with van der Waals surface area (Å²) in [6.45, 7) is 6.37. The van der Waals surface area contributed by atoms with E-state index in [-0.39, 0.29) is 12.3 Å². The van der Waals surface area contributed by atoms with Gasteiger partial charge in [-0.2, -0.15) is 5.10 Å². The molecule has 1 amide bonds. The first-order valence-electron chi connectivity index (χ1n) is 8.36. The maximum absolute atomic E-state index is 12.3. The Morgan fingerprint density at radius 2 is 1.92 bits per heavy atom. The molecule has 0 spiro atoms. The van der Waals surface area contributed by atoms with Gasteiger partial charge in [-0.05, 0) is 32.4 Å². The molecule has 134 valence electrons. The van der Waals surface area contributed by atoms with Crippen molar-refractivity contribution in [2.45, 2.75) is 46.4 Å². The lowest BCUT2D eigenvalue weighted by molar-refractivity contribution is -0.159.